The zero-order valence-corrected chi connectivity index (χ0v) is 19.7. The van der Waals surface area contributed by atoms with Gasteiger partial charge in [-0.25, -0.2) is 8.42 Å². The van der Waals surface area contributed by atoms with E-state index in [0.29, 0.717) is 43.2 Å². The summed E-state index contributed by atoms with van der Waals surface area (Å²) >= 11 is 3.40. The number of anilines is 2. The van der Waals surface area contributed by atoms with E-state index in [1.54, 1.807) is 29.2 Å². The van der Waals surface area contributed by atoms with Crippen molar-refractivity contribution in [1.82, 2.24) is 4.90 Å². The number of amides is 2. The molecule has 1 aliphatic heterocycles. The number of carbonyl (C=O) groups is 2. The molecule has 1 N–H and O–H groups in total. The fourth-order valence-electron chi connectivity index (χ4n) is 3.17. The van der Waals surface area contributed by atoms with Gasteiger partial charge in [0.05, 0.1) is 25.2 Å². The Hall–Kier alpha value is -2.43. The minimum atomic E-state index is -3.72. The fraction of sp³-hybridized carbons (Fsp3) is 0.333. The van der Waals surface area contributed by atoms with Crippen LogP contribution in [0.4, 0.5) is 11.4 Å². The summed E-state index contributed by atoms with van der Waals surface area (Å²) < 4.78 is 31.9. The molecular weight excluding hydrogens is 486 g/mol. The Kier molecular flexibility index (Phi) is 7.34. The molecule has 31 heavy (non-hydrogen) atoms. The smallest absolute Gasteiger partial charge is 0.254 e. The van der Waals surface area contributed by atoms with Gasteiger partial charge in [-0.15, -0.1) is 0 Å². The van der Waals surface area contributed by atoms with E-state index in [4.69, 9.17) is 4.74 Å². The predicted octanol–water partition coefficient (Wildman–Crippen LogP) is 2.63. The molecule has 2 amide bonds. The van der Waals surface area contributed by atoms with Crippen LogP contribution in [0, 0.1) is 6.92 Å². The molecule has 10 heteroatoms. The fourth-order valence-corrected chi connectivity index (χ4v) is 4.28. The van der Waals surface area contributed by atoms with Gasteiger partial charge in [-0.1, -0.05) is 15.9 Å². The van der Waals surface area contributed by atoms with Crippen LogP contribution in [0.1, 0.15) is 15.9 Å². The SMILES string of the molecule is Cc1cc(NC(=O)CN(c2ccc(C(=O)N3CCOCC3)cc2)S(C)(=O)=O)ccc1Br. The van der Waals surface area contributed by atoms with Gasteiger partial charge in [0, 0.05) is 28.8 Å². The van der Waals surface area contributed by atoms with Crippen LogP contribution in [-0.2, 0) is 19.6 Å². The zero-order valence-electron chi connectivity index (χ0n) is 17.3. The maximum absolute atomic E-state index is 12.6. The minimum Gasteiger partial charge on any atom is -0.378 e. The molecule has 0 spiro atoms. The lowest BCUT2D eigenvalue weighted by molar-refractivity contribution is -0.114. The number of sulfonamides is 1. The van der Waals surface area contributed by atoms with E-state index in [2.05, 4.69) is 21.2 Å². The van der Waals surface area contributed by atoms with E-state index in [0.717, 1.165) is 20.6 Å². The van der Waals surface area contributed by atoms with Gasteiger partial charge in [0.1, 0.15) is 6.54 Å². The highest BCUT2D eigenvalue weighted by Crippen LogP contribution is 2.22. The van der Waals surface area contributed by atoms with E-state index in [9.17, 15) is 18.0 Å². The molecule has 1 aliphatic rings. The molecule has 1 fully saturated rings. The number of hydrogen-bond acceptors (Lipinski definition) is 5. The van der Waals surface area contributed by atoms with Crippen molar-refractivity contribution in [2.45, 2.75) is 6.92 Å². The molecule has 2 aromatic carbocycles. The van der Waals surface area contributed by atoms with Crippen molar-refractivity contribution < 1.29 is 22.7 Å². The lowest BCUT2D eigenvalue weighted by Crippen LogP contribution is -2.40. The third-order valence-corrected chi connectivity index (χ3v) is 6.86. The summed E-state index contributed by atoms with van der Waals surface area (Å²) in [6.07, 6.45) is 1.04. The average molecular weight is 510 g/mol. The first kappa shape index (κ1) is 23.2. The average Bonchev–Trinajstić information content (AvgIpc) is 2.74. The van der Waals surface area contributed by atoms with Crippen molar-refractivity contribution in [3.05, 3.63) is 58.1 Å². The van der Waals surface area contributed by atoms with Gasteiger partial charge in [0.25, 0.3) is 5.91 Å². The first-order valence-electron chi connectivity index (χ1n) is 9.66. The van der Waals surface area contributed by atoms with Gasteiger partial charge in [-0.05, 0) is 55.0 Å². The van der Waals surface area contributed by atoms with Crippen LogP contribution in [0.3, 0.4) is 0 Å². The van der Waals surface area contributed by atoms with Crippen molar-refractivity contribution >= 4 is 49.1 Å². The molecule has 2 aromatic rings. The highest BCUT2D eigenvalue weighted by Gasteiger charge is 2.23. The molecule has 8 nitrogen and oxygen atoms in total. The molecule has 3 rings (SSSR count). The summed E-state index contributed by atoms with van der Waals surface area (Å²) in [5.74, 6) is -0.607. The molecular formula is C21H24BrN3O5S. The molecule has 0 aromatic heterocycles. The lowest BCUT2D eigenvalue weighted by Gasteiger charge is -2.27. The summed E-state index contributed by atoms with van der Waals surface area (Å²) in [6, 6.07) is 11.5. The lowest BCUT2D eigenvalue weighted by atomic mass is 10.1. The Balaban J connectivity index is 1.73. The summed E-state index contributed by atoms with van der Waals surface area (Å²) in [7, 11) is -3.72. The van der Waals surface area contributed by atoms with Crippen LogP contribution in [0.2, 0.25) is 0 Å². The molecule has 0 aliphatic carbocycles. The third kappa shape index (κ3) is 6.05. The second-order valence-corrected chi connectivity index (χ2v) is 9.99. The Morgan fingerprint density at radius 2 is 1.77 bits per heavy atom. The number of carbonyl (C=O) groups excluding carboxylic acids is 2. The summed E-state index contributed by atoms with van der Waals surface area (Å²) in [5, 5.41) is 2.72. The minimum absolute atomic E-state index is 0.135. The molecule has 1 saturated heterocycles. The van der Waals surface area contributed by atoms with Gasteiger partial charge in [-0.3, -0.25) is 13.9 Å². The van der Waals surface area contributed by atoms with Crippen molar-refractivity contribution in [2.75, 3.05) is 48.7 Å². The van der Waals surface area contributed by atoms with Crippen LogP contribution < -0.4 is 9.62 Å². The molecule has 1 heterocycles. The van der Waals surface area contributed by atoms with Crippen LogP contribution in [0.15, 0.2) is 46.9 Å². The number of aryl methyl sites for hydroxylation is 1. The Morgan fingerprint density at radius 3 is 2.35 bits per heavy atom. The molecule has 166 valence electrons. The number of rotatable bonds is 6. The van der Waals surface area contributed by atoms with E-state index in [1.807, 2.05) is 13.0 Å². The quantitative estimate of drug-likeness (QED) is 0.645. The van der Waals surface area contributed by atoms with Crippen LogP contribution in [-0.4, -0.2) is 64.2 Å². The maximum atomic E-state index is 12.6. The molecule has 0 saturated carbocycles. The third-order valence-electron chi connectivity index (χ3n) is 4.83. The Bertz CT molecular complexity index is 1070. The van der Waals surface area contributed by atoms with E-state index >= 15 is 0 Å². The van der Waals surface area contributed by atoms with Crippen molar-refractivity contribution in [2.24, 2.45) is 0 Å². The van der Waals surface area contributed by atoms with Gasteiger partial charge in [-0.2, -0.15) is 0 Å². The van der Waals surface area contributed by atoms with Crippen LogP contribution >= 0.6 is 15.9 Å². The molecule has 0 radical (unpaired) electrons. The highest BCUT2D eigenvalue weighted by molar-refractivity contribution is 9.10. The number of ether oxygens (including phenoxy) is 1. The normalized spacial score (nSPS) is 14.2. The van der Waals surface area contributed by atoms with Crippen molar-refractivity contribution in [3.8, 4) is 0 Å². The monoisotopic (exact) mass is 509 g/mol. The summed E-state index contributed by atoms with van der Waals surface area (Å²) in [5.41, 5.74) is 2.28. The van der Waals surface area contributed by atoms with Crippen LogP contribution in [0.5, 0.6) is 0 Å². The largest absolute Gasteiger partial charge is 0.378 e. The first-order chi connectivity index (χ1) is 14.6. The second-order valence-electron chi connectivity index (χ2n) is 7.23. The predicted molar refractivity (Wildman–Crippen MR) is 123 cm³/mol. The standard InChI is InChI=1S/C21H24BrN3O5S/c1-15-13-17(5-8-19(15)22)23-20(26)14-25(31(2,28)29)18-6-3-16(4-7-18)21(27)24-9-11-30-12-10-24/h3-8,13H,9-12,14H2,1-2H3,(H,23,26). The van der Waals surface area contributed by atoms with E-state index in [-0.39, 0.29) is 12.5 Å². The first-order valence-corrected chi connectivity index (χ1v) is 12.3. The molecule has 0 bridgehead atoms. The van der Waals surface area contributed by atoms with Crippen molar-refractivity contribution in [3.63, 3.8) is 0 Å². The molecule has 0 unspecified atom stereocenters. The number of benzene rings is 2. The topological polar surface area (TPSA) is 96.0 Å². The van der Waals surface area contributed by atoms with E-state index in [1.165, 1.54) is 12.1 Å². The van der Waals surface area contributed by atoms with E-state index < -0.39 is 15.9 Å². The zero-order chi connectivity index (χ0) is 22.6. The molecule has 0 atom stereocenters. The summed E-state index contributed by atoms with van der Waals surface area (Å²) in [4.78, 5) is 26.8. The van der Waals surface area contributed by atoms with Gasteiger partial charge < -0.3 is 15.0 Å². The van der Waals surface area contributed by atoms with Gasteiger partial charge in [0.2, 0.25) is 15.9 Å². The maximum Gasteiger partial charge on any atom is 0.254 e. The number of halogens is 1. The summed E-state index contributed by atoms with van der Waals surface area (Å²) in [6.45, 7) is 3.54. The van der Waals surface area contributed by atoms with Crippen LogP contribution in [0.25, 0.3) is 0 Å². The number of morpholine rings is 1. The Labute approximate surface area is 190 Å². The highest BCUT2D eigenvalue weighted by atomic mass is 79.9. The number of hydrogen-bond donors (Lipinski definition) is 1. The van der Waals surface area contributed by atoms with Gasteiger partial charge in [0.15, 0.2) is 0 Å². The van der Waals surface area contributed by atoms with Crippen molar-refractivity contribution in [1.29, 1.82) is 0 Å². The Morgan fingerprint density at radius 1 is 1.13 bits per heavy atom. The number of nitrogens with zero attached hydrogens (tertiary/aromatic N) is 2. The van der Waals surface area contributed by atoms with Gasteiger partial charge >= 0.3 is 0 Å². The number of nitrogens with one attached hydrogen (secondary N) is 1. The second kappa shape index (κ2) is 9.80.